The second-order valence-electron chi connectivity index (χ2n) is 4.49. The van der Waals surface area contributed by atoms with Crippen molar-refractivity contribution >= 4 is 15.9 Å². The second-order valence-corrected chi connectivity index (χ2v) is 5.34. The molecule has 0 aliphatic carbocycles. The van der Waals surface area contributed by atoms with E-state index in [2.05, 4.69) is 36.7 Å². The standard InChI is InChI=1S/C11H14BrF/c1-11(2,3)7-8-4-5-10(13)9(12)6-8/h4-6H,7H2,1-3H3. The maximum atomic E-state index is 12.9. The molecule has 0 saturated heterocycles. The highest BCUT2D eigenvalue weighted by atomic mass is 79.9. The summed E-state index contributed by atoms with van der Waals surface area (Å²) in [6.07, 6.45) is 0.964. The van der Waals surface area contributed by atoms with Crippen LogP contribution in [0.3, 0.4) is 0 Å². The van der Waals surface area contributed by atoms with Crippen molar-refractivity contribution in [2.75, 3.05) is 0 Å². The Morgan fingerprint density at radius 3 is 2.38 bits per heavy atom. The number of rotatable bonds is 1. The minimum atomic E-state index is -0.197. The van der Waals surface area contributed by atoms with Crippen LogP contribution in [0.4, 0.5) is 4.39 Å². The minimum Gasteiger partial charge on any atom is -0.206 e. The van der Waals surface area contributed by atoms with Crippen molar-refractivity contribution in [3.05, 3.63) is 34.1 Å². The highest BCUT2D eigenvalue weighted by molar-refractivity contribution is 9.10. The summed E-state index contributed by atoms with van der Waals surface area (Å²) in [4.78, 5) is 0. The topological polar surface area (TPSA) is 0 Å². The number of hydrogen-bond donors (Lipinski definition) is 0. The summed E-state index contributed by atoms with van der Waals surface area (Å²) in [7, 11) is 0. The van der Waals surface area contributed by atoms with Crippen molar-refractivity contribution in [1.82, 2.24) is 0 Å². The number of benzene rings is 1. The third-order valence-electron chi connectivity index (χ3n) is 1.72. The fourth-order valence-electron chi connectivity index (χ4n) is 1.26. The normalized spacial score (nSPS) is 11.8. The molecule has 0 saturated carbocycles. The molecule has 0 aromatic heterocycles. The third kappa shape index (κ3) is 3.47. The van der Waals surface area contributed by atoms with E-state index in [4.69, 9.17) is 0 Å². The molecular formula is C11H14BrF. The van der Waals surface area contributed by atoms with Crippen LogP contribution in [-0.4, -0.2) is 0 Å². The Labute approximate surface area is 87.3 Å². The Morgan fingerprint density at radius 2 is 1.92 bits per heavy atom. The first-order chi connectivity index (χ1) is 5.88. The smallest absolute Gasteiger partial charge is 0.137 e. The van der Waals surface area contributed by atoms with Gasteiger partial charge in [0.15, 0.2) is 0 Å². The fourth-order valence-corrected chi connectivity index (χ4v) is 1.69. The molecule has 0 atom stereocenters. The van der Waals surface area contributed by atoms with Crippen molar-refractivity contribution in [1.29, 1.82) is 0 Å². The molecule has 72 valence electrons. The van der Waals surface area contributed by atoms with Gasteiger partial charge in [0, 0.05) is 0 Å². The van der Waals surface area contributed by atoms with Gasteiger partial charge in [0.2, 0.25) is 0 Å². The fraction of sp³-hybridized carbons (Fsp3) is 0.455. The molecule has 0 aliphatic heterocycles. The highest BCUT2D eigenvalue weighted by Gasteiger charge is 2.11. The maximum Gasteiger partial charge on any atom is 0.137 e. The Hall–Kier alpha value is -0.370. The summed E-state index contributed by atoms with van der Waals surface area (Å²) in [5, 5.41) is 0. The van der Waals surface area contributed by atoms with E-state index < -0.39 is 0 Å². The van der Waals surface area contributed by atoms with Gasteiger partial charge < -0.3 is 0 Å². The summed E-state index contributed by atoms with van der Waals surface area (Å²) < 4.78 is 13.4. The minimum absolute atomic E-state index is 0.197. The predicted octanol–water partition coefficient (Wildman–Crippen LogP) is 4.18. The van der Waals surface area contributed by atoms with E-state index in [9.17, 15) is 4.39 Å². The average Bonchev–Trinajstić information content (AvgIpc) is 1.94. The van der Waals surface area contributed by atoms with Gasteiger partial charge >= 0.3 is 0 Å². The monoisotopic (exact) mass is 244 g/mol. The molecule has 0 amide bonds. The lowest BCUT2D eigenvalue weighted by molar-refractivity contribution is 0.411. The molecule has 13 heavy (non-hydrogen) atoms. The first-order valence-electron chi connectivity index (χ1n) is 4.32. The predicted molar refractivity (Wildman–Crippen MR) is 57.3 cm³/mol. The lowest BCUT2D eigenvalue weighted by Gasteiger charge is -2.18. The molecule has 0 aliphatic rings. The molecule has 0 fully saturated rings. The van der Waals surface area contributed by atoms with Crippen LogP contribution >= 0.6 is 15.9 Å². The van der Waals surface area contributed by atoms with E-state index in [-0.39, 0.29) is 11.2 Å². The van der Waals surface area contributed by atoms with Gasteiger partial charge in [-0.05, 0) is 45.5 Å². The molecule has 0 radical (unpaired) electrons. The molecular weight excluding hydrogens is 231 g/mol. The van der Waals surface area contributed by atoms with Crippen molar-refractivity contribution in [2.45, 2.75) is 27.2 Å². The molecule has 1 rings (SSSR count). The van der Waals surface area contributed by atoms with Crippen LogP contribution in [0.5, 0.6) is 0 Å². The first kappa shape index (κ1) is 10.7. The Balaban J connectivity index is 2.86. The zero-order valence-electron chi connectivity index (χ0n) is 8.20. The SMILES string of the molecule is CC(C)(C)Cc1ccc(F)c(Br)c1. The van der Waals surface area contributed by atoms with E-state index in [0.29, 0.717) is 4.47 Å². The summed E-state index contributed by atoms with van der Waals surface area (Å²) in [6.45, 7) is 6.51. The van der Waals surface area contributed by atoms with Crippen molar-refractivity contribution in [3.63, 3.8) is 0 Å². The van der Waals surface area contributed by atoms with Crippen LogP contribution in [0, 0.1) is 11.2 Å². The molecule has 0 unspecified atom stereocenters. The molecule has 0 bridgehead atoms. The Morgan fingerprint density at radius 1 is 1.31 bits per heavy atom. The molecule has 2 heteroatoms. The molecule has 1 aromatic carbocycles. The molecule has 0 nitrogen and oxygen atoms in total. The van der Waals surface area contributed by atoms with E-state index in [1.54, 1.807) is 0 Å². The molecule has 1 aromatic rings. The van der Waals surface area contributed by atoms with Crippen molar-refractivity contribution in [3.8, 4) is 0 Å². The van der Waals surface area contributed by atoms with Gasteiger partial charge in [-0.15, -0.1) is 0 Å². The van der Waals surface area contributed by atoms with Gasteiger partial charge in [-0.3, -0.25) is 0 Å². The lowest BCUT2D eigenvalue weighted by atomic mass is 9.88. The van der Waals surface area contributed by atoms with Crippen LogP contribution in [-0.2, 0) is 6.42 Å². The average molecular weight is 245 g/mol. The largest absolute Gasteiger partial charge is 0.206 e. The van der Waals surface area contributed by atoms with E-state index in [1.807, 2.05) is 12.1 Å². The zero-order valence-corrected chi connectivity index (χ0v) is 9.78. The van der Waals surface area contributed by atoms with E-state index >= 15 is 0 Å². The summed E-state index contributed by atoms with van der Waals surface area (Å²) in [6, 6.07) is 5.19. The lowest BCUT2D eigenvalue weighted by Crippen LogP contribution is -2.09. The molecule has 0 spiro atoms. The van der Waals surface area contributed by atoms with Gasteiger partial charge in [0.1, 0.15) is 5.82 Å². The van der Waals surface area contributed by atoms with Gasteiger partial charge in [-0.1, -0.05) is 26.8 Å². The third-order valence-corrected chi connectivity index (χ3v) is 2.33. The molecule has 0 N–H and O–H groups in total. The van der Waals surface area contributed by atoms with Crippen molar-refractivity contribution < 1.29 is 4.39 Å². The Kier molecular flexibility index (Phi) is 3.12. The summed E-state index contributed by atoms with van der Waals surface area (Å²) >= 11 is 3.18. The summed E-state index contributed by atoms with van der Waals surface area (Å²) in [5.74, 6) is -0.197. The zero-order chi connectivity index (χ0) is 10.1. The molecule has 0 heterocycles. The van der Waals surface area contributed by atoms with Crippen LogP contribution in [0.15, 0.2) is 22.7 Å². The van der Waals surface area contributed by atoms with Crippen LogP contribution in [0.1, 0.15) is 26.3 Å². The number of halogens is 2. The van der Waals surface area contributed by atoms with E-state index in [1.165, 1.54) is 11.6 Å². The highest BCUT2D eigenvalue weighted by Crippen LogP contribution is 2.24. The van der Waals surface area contributed by atoms with Gasteiger partial charge in [-0.2, -0.15) is 0 Å². The maximum absolute atomic E-state index is 12.9. The van der Waals surface area contributed by atoms with Crippen molar-refractivity contribution in [2.24, 2.45) is 5.41 Å². The van der Waals surface area contributed by atoms with E-state index in [0.717, 1.165) is 6.42 Å². The van der Waals surface area contributed by atoms with Gasteiger partial charge in [0.05, 0.1) is 4.47 Å². The van der Waals surface area contributed by atoms with Gasteiger partial charge in [-0.25, -0.2) is 4.39 Å². The summed E-state index contributed by atoms with van der Waals surface area (Å²) in [5.41, 5.74) is 1.41. The second kappa shape index (κ2) is 3.79. The quantitative estimate of drug-likeness (QED) is 0.696. The Bertz CT molecular complexity index is 299. The van der Waals surface area contributed by atoms with Crippen LogP contribution < -0.4 is 0 Å². The van der Waals surface area contributed by atoms with Crippen LogP contribution in [0.25, 0.3) is 0 Å². The number of hydrogen-bond acceptors (Lipinski definition) is 0. The van der Waals surface area contributed by atoms with Crippen LogP contribution in [0.2, 0.25) is 0 Å². The van der Waals surface area contributed by atoms with Gasteiger partial charge in [0.25, 0.3) is 0 Å². The first-order valence-corrected chi connectivity index (χ1v) is 5.12.